The molecule has 116 valence electrons. The third-order valence-corrected chi connectivity index (χ3v) is 4.03. The van der Waals surface area contributed by atoms with Crippen LogP contribution in [-0.2, 0) is 0 Å². The fourth-order valence-corrected chi connectivity index (χ4v) is 2.45. The molecule has 1 aliphatic carbocycles. The topological polar surface area (TPSA) is 59.6 Å². The van der Waals surface area contributed by atoms with Crippen molar-refractivity contribution in [1.82, 2.24) is 5.32 Å². The first-order valence-corrected chi connectivity index (χ1v) is 7.89. The lowest BCUT2D eigenvalue weighted by Gasteiger charge is -2.23. The van der Waals surface area contributed by atoms with Gasteiger partial charge in [-0.25, -0.2) is 0 Å². The predicted octanol–water partition coefficient (Wildman–Crippen LogP) is 2.78. The first-order chi connectivity index (χ1) is 10.2. The van der Waals surface area contributed by atoms with E-state index >= 15 is 0 Å². The lowest BCUT2D eigenvalue weighted by Crippen LogP contribution is -2.34. The normalized spacial score (nSPS) is 15.6. The van der Waals surface area contributed by atoms with Gasteiger partial charge in [-0.1, -0.05) is 24.6 Å². The highest BCUT2D eigenvalue weighted by molar-refractivity contribution is 5.77. The lowest BCUT2D eigenvalue weighted by atomic mass is 9.86. The van der Waals surface area contributed by atoms with E-state index in [0.717, 1.165) is 31.2 Å². The third-order valence-electron chi connectivity index (χ3n) is 4.03. The van der Waals surface area contributed by atoms with Gasteiger partial charge in [0.25, 0.3) is 0 Å². The number of benzene rings is 1. The van der Waals surface area contributed by atoms with E-state index in [4.69, 9.17) is 10.5 Å². The summed E-state index contributed by atoms with van der Waals surface area (Å²) in [5, 5.41) is 3.15. The van der Waals surface area contributed by atoms with E-state index in [2.05, 4.69) is 42.4 Å². The molecule has 4 nitrogen and oxygen atoms in total. The molecule has 2 rings (SSSR count). The maximum Gasteiger partial charge on any atom is 0.188 e. The minimum absolute atomic E-state index is 0.564. The molecule has 1 aromatic rings. The highest BCUT2D eigenvalue weighted by Gasteiger charge is 2.16. The standard InChI is InChI=1S/C17H27N3O/c1-13-6-3-7-14(2)16(13)21-11-5-10-19-17(18)20-12-15-8-4-9-15/h3,6-7,15H,4-5,8-12H2,1-2H3,(H3,18,19,20). The van der Waals surface area contributed by atoms with Crippen LogP contribution < -0.4 is 15.8 Å². The molecule has 4 heteroatoms. The molecule has 1 aliphatic rings. The van der Waals surface area contributed by atoms with Gasteiger partial charge in [-0.3, -0.25) is 4.99 Å². The van der Waals surface area contributed by atoms with Crippen LogP contribution in [0.3, 0.4) is 0 Å². The summed E-state index contributed by atoms with van der Waals surface area (Å²) in [4.78, 5) is 4.37. The molecule has 0 radical (unpaired) electrons. The van der Waals surface area contributed by atoms with Crippen molar-refractivity contribution in [2.24, 2.45) is 16.6 Å². The molecule has 0 atom stereocenters. The number of ether oxygens (including phenoxy) is 1. The SMILES string of the molecule is Cc1cccc(C)c1OCCCNC(N)=NCC1CCC1. The van der Waals surface area contributed by atoms with Crippen molar-refractivity contribution in [1.29, 1.82) is 0 Å². The summed E-state index contributed by atoms with van der Waals surface area (Å²) in [7, 11) is 0. The Morgan fingerprint density at radius 2 is 2.05 bits per heavy atom. The molecule has 0 unspecified atom stereocenters. The van der Waals surface area contributed by atoms with Gasteiger partial charge in [0, 0.05) is 13.1 Å². The van der Waals surface area contributed by atoms with E-state index in [1.54, 1.807) is 0 Å². The molecule has 1 fully saturated rings. The summed E-state index contributed by atoms with van der Waals surface area (Å²) >= 11 is 0. The van der Waals surface area contributed by atoms with Crippen LogP contribution in [-0.4, -0.2) is 25.7 Å². The lowest BCUT2D eigenvalue weighted by molar-refractivity contribution is 0.307. The number of guanidine groups is 1. The van der Waals surface area contributed by atoms with Crippen LogP contribution in [0.1, 0.15) is 36.8 Å². The summed E-state index contributed by atoms with van der Waals surface area (Å²) in [5.74, 6) is 2.33. The Labute approximate surface area is 127 Å². The molecule has 0 saturated heterocycles. The zero-order valence-corrected chi connectivity index (χ0v) is 13.2. The number of hydrogen-bond acceptors (Lipinski definition) is 2. The number of nitrogens with two attached hydrogens (primary N) is 1. The van der Waals surface area contributed by atoms with Gasteiger partial charge in [-0.15, -0.1) is 0 Å². The van der Waals surface area contributed by atoms with Gasteiger partial charge in [-0.2, -0.15) is 0 Å². The van der Waals surface area contributed by atoms with Crippen molar-refractivity contribution in [2.75, 3.05) is 19.7 Å². The predicted molar refractivity (Wildman–Crippen MR) is 87.9 cm³/mol. The molecule has 0 aliphatic heterocycles. The van der Waals surface area contributed by atoms with Crippen molar-refractivity contribution < 1.29 is 4.74 Å². The molecule has 3 N–H and O–H groups in total. The van der Waals surface area contributed by atoms with Gasteiger partial charge in [-0.05, 0) is 50.2 Å². The quantitative estimate of drug-likeness (QED) is 0.461. The number of nitrogens with one attached hydrogen (secondary N) is 1. The second kappa shape index (κ2) is 7.91. The Morgan fingerprint density at radius 1 is 1.33 bits per heavy atom. The number of aliphatic imine (C=N–C) groups is 1. The van der Waals surface area contributed by atoms with E-state index in [1.165, 1.54) is 30.4 Å². The Hall–Kier alpha value is -1.71. The van der Waals surface area contributed by atoms with Crippen LogP contribution >= 0.6 is 0 Å². The summed E-state index contributed by atoms with van der Waals surface area (Å²) in [6.45, 7) is 6.51. The summed E-state index contributed by atoms with van der Waals surface area (Å²) in [5.41, 5.74) is 8.21. The fraction of sp³-hybridized carbons (Fsp3) is 0.588. The van der Waals surface area contributed by atoms with Gasteiger partial charge in [0.05, 0.1) is 6.61 Å². The van der Waals surface area contributed by atoms with Crippen molar-refractivity contribution in [3.8, 4) is 5.75 Å². The zero-order chi connectivity index (χ0) is 15.1. The van der Waals surface area contributed by atoms with Crippen molar-refractivity contribution >= 4 is 5.96 Å². The van der Waals surface area contributed by atoms with Crippen LogP contribution in [0.25, 0.3) is 0 Å². The van der Waals surface area contributed by atoms with Crippen LogP contribution in [0.15, 0.2) is 23.2 Å². The average Bonchev–Trinajstić information content (AvgIpc) is 2.39. The minimum Gasteiger partial charge on any atom is -0.493 e. The Morgan fingerprint density at radius 3 is 2.67 bits per heavy atom. The molecular formula is C17H27N3O. The van der Waals surface area contributed by atoms with Crippen molar-refractivity contribution in [3.63, 3.8) is 0 Å². The molecule has 1 saturated carbocycles. The first-order valence-electron chi connectivity index (χ1n) is 7.89. The van der Waals surface area contributed by atoms with Gasteiger partial charge in [0.15, 0.2) is 5.96 Å². The van der Waals surface area contributed by atoms with Crippen LogP contribution in [0.2, 0.25) is 0 Å². The molecule has 0 spiro atoms. The number of para-hydroxylation sites is 1. The molecule has 0 bridgehead atoms. The molecule has 0 aromatic heterocycles. The molecule has 21 heavy (non-hydrogen) atoms. The highest BCUT2D eigenvalue weighted by Crippen LogP contribution is 2.26. The number of hydrogen-bond donors (Lipinski definition) is 2. The maximum atomic E-state index is 5.85. The largest absolute Gasteiger partial charge is 0.493 e. The van der Waals surface area contributed by atoms with Crippen molar-refractivity contribution in [3.05, 3.63) is 29.3 Å². The Balaban J connectivity index is 1.61. The average molecular weight is 289 g/mol. The minimum atomic E-state index is 0.564. The highest BCUT2D eigenvalue weighted by atomic mass is 16.5. The monoisotopic (exact) mass is 289 g/mol. The van der Waals surface area contributed by atoms with E-state index in [9.17, 15) is 0 Å². The molecule has 0 heterocycles. The third kappa shape index (κ3) is 4.96. The summed E-state index contributed by atoms with van der Waals surface area (Å²) < 4.78 is 5.85. The van der Waals surface area contributed by atoms with E-state index < -0.39 is 0 Å². The smallest absolute Gasteiger partial charge is 0.188 e. The van der Waals surface area contributed by atoms with Gasteiger partial charge >= 0.3 is 0 Å². The number of rotatable bonds is 7. The first kappa shape index (κ1) is 15.7. The maximum absolute atomic E-state index is 5.85. The van der Waals surface area contributed by atoms with Gasteiger partial charge < -0.3 is 15.8 Å². The summed E-state index contributed by atoms with van der Waals surface area (Å²) in [6.07, 6.45) is 4.87. The van der Waals surface area contributed by atoms with E-state index in [0.29, 0.717) is 12.6 Å². The Kier molecular flexibility index (Phi) is 5.90. The number of aryl methyl sites for hydroxylation is 2. The molecule has 1 aromatic carbocycles. The second-order valence-electron chi connectivity index (χ2n) is 5.87. The van der Waals surface area contributed by atoms with Crippen molar-refractivity contribution in [2.45, 2.75) is 39.5 Å². The van der Waals surface area contributed by atoms with Gasteiger partial charge in [0.1, 0.15) is 5.75 Å². The van der Waals surface area contributed by atoms with E-state index in [1.807, 2.05) is 0 Å². The zero-order valence-electron chi connectivity index (χ0n) is 13.2. The molecular weight excluding hydrogens is 262 g/mol. The summed E-state index contributed by atoms with van der Waals surface area (Å²) in [6, 6.07) is 6.20. The number of nitrogens with zero attached hydrogens (tertiary/aromatic N) is 1. The van der Waals surface area contributed by atoms with Crippen LogP contribution in [0.4, 0.5) is 0 Å². The fourth-order valence-electron chi connectivity index (χ4n) is 2.45. The van der Waals surface area contributed by atoms with Gasteiger partial charge in [0.2, 0.25) is 0 Å². The second-order valence-corrected chi connectivity index (χ2v) is 5.87. The van der Waals surface area contributed by atoms with Crippen LogP contribution in [0.5, 0.6) is 5.75 Å². The molecule has 0 amide bonds. The van der Waals surface area contributed by atoms with E-state index in [-0.39, 0.29) is 0 Å². The Bertz CT molecular complexity index is 461. The van der Waals surface area contributed by atoms with Crippen LogP contribution in [0, 0.1) is 19.8 Å².